The van der Waals surface area contributed by atoms with E-state index in [0.29, 0.717) is 11.3 Å². The summed E-state index contributed by atoms with van der Waals surface area (Å²) in [5.74, 6) is -0.154. The topological polar surface area (TPSA) is 72.8 Å². The highest BCUT2D eigenvalue weighted by Crippen LogP contribution is 2.29. The molecular weight excluding hydrogens is 284 g/mol. The van der Waals surface area contributed by atoms with Crippen molar-refractivity contribution in [3.05, 3.63) is 53.6 Å². The van der Waals surface area contributed by atoms with Gasteiger partial charge in [-0.15, -0.1) is 0 Å². The lowest BCUT2D eigenvalue weighted by molar-refractivity contribution is 0.0891. The lowest BCUT2D eigenvalue weighted by Crippen LogP contribution is -2.10. The summed E-state index contributed by atoms with van der Waals surface area (Å²) in [4.78, 5) is 24.4. The van der Waals surface area contributed by atoms with Crippen molar-refractivity contribution < 1.29 is 24.2 Å². The Morgan fingerprint density at radius 1 is 0.955 bits per heavy atom. The summed E-state index contributed by atoms with van der Waals surface area (Å²) in [6, 6.07) is 11.0. The molecule has 0 spiro atoms. The number of aromatic hydroxyl groups is 1. The van der Waals surface area contributed by atoms with Gasteiger partial charge < -0.3 is 14.6 Å². The van der Waals surface area contributed by atoms with E-state index in [1.165, 1.54) is 20.3 Å². The fourth-order valence-corrected chi connectivity index (χ4v) is 2.08. The van der Waals surface area contributed by atoms with Crippen molar-refractivity contribution in [2.24, 2.45) is 0 Å². The van der Waals surface area contributed by atoms with Crippen LogP contribution in [0.4, 0.5) is 0 Å². The minimum atomic E-state index is -0.490. The van der Waals surface area contributed by atoms with Crippen molar-refractivity contribution in [3.63, 3.8) is 0 Å². The van der Waals surface area contributed by atoms with Crippen molar-refractivity contribution in [1.82, 2.24) is 0 Å². The second kappa shape index (κ2) is 6.76. The average molecular weight is 300 g/mol. The van der Waals surface area contributed by atoms with Gasteiger partial charge in [-0.05, 0) is 36.4 Å². The van der Waals surface area contributed by atoms with Crippen LogP contribution in [0.2, 0.25) is 0 Å². The Kier molecular flexibility index (Phi) is 4.78. The van der Waals surface area contributed by atoms with E-state index < -0.39 is 5.78 Å². The highest BCUT2D eigenvalue weighted by atomic mass is 16.5. The Hall–Kier alpha value is -2.82. The maximum atomic E-state index is 12.3. The SMILES string of the molecule is COc1ccc(C(=O)CC(=O)c2c(O)cccc2OC)cc1. The van der Waals surface area contributed by atoms with Gasteiger partial charge in [0.15, 0.2) is 11.6 Å². The molecule has 22 heavy (non-hydrogen) atoms. The Morgan fingerprint density at radius 2 is 1.64 bits per heavy atom. The highest BCUT2D eigenvalue weighted by Gasteiger charge is 2.20. The summed E-state index contributed by atoms with van der Waals surface area (Å²) in [6.45, 7) is 0. The predicted octanol–water partition coefficient (Wildman–Crippen LogP) is 2.87. The van der Waals surface area contributed by atoms with Gasteiger partial charge in [0.2, 0.25) is 0 Å². The third kappa shape index (κ3) is 3.25. The molecule has 2 aromatic rings. The van der Waals surface area contributed by atoms with E-state index in [-0.39, 0.29) is 29.3 Å². The molecule has 0 unspecified atom stereocenters. The number of methoxy groups -OCH3 is 2. The molecule has 1 N–H and O–H groups in total. The molecule has 0 aliphatic carbocycles. The molecule has 0 saturated carbocycles. The molecule has 0 heterocycles. The van der Waals surface area contributed by atoms with Crippen LogP contribution in [0, 0.1) is 0 Å². The molecule has 0 bridgehead atoms. The highest BCUT2D eigenvalue weighted by molar-refractivity contribution is 6.15. The van der Waals surface area contributed by atoms with E-state index >= 15 is 0 Å². The first-order valence-electron chi connectivity index (χ1n) is 6.63. The molecule has 0 aromatic heterocycles. The number of ether oxygens (including phenoxy) is 2. The van der Waals surface area contributed by atoms with E-state index in [2.05, 4.69) is 0 Å². The van der Waals surface area contributed by atoms with Crippen LogP contribution in [0.25, 0.3) is 0 Å². The quantitative estimate of drug-likeness (QED) is 0.656. The zero-order valence-corrected chi connectivity index (χ0v) is 12.3. The third-order valence-electron chi connectivity index (χ3n) is 3.24. The van der Waals surface area contributed by atoms with Gasteiger partial charge in [-0.25, -0.2) is 0 Å². The van der Waals surface area contributed by atoms with Crippen LogP contribution in [-0.2, 0) is 0 Å². The molecule has 0 amide bonds. The van der Waals surface area contributed by atoms with Crippen LogP contribution in [0.5, 0.6) is 17.2 Å². The molecule has 0 atom stereocenters. The fourth-order valence-electron chi connectivity index (χ4n) is 2.08. The number of rotatable bonds is 6. The van der Waals surface area contributed by atoms with Gasteiger partial charge in [0, 0.05) is 5.56 Å². The van der Waals surface area contributed by atoms with E-state index in [1.807, 2.05) is 0 Å². The van der Waals surface area contributed by atoms with Gasteiger partial charge in [0.25, 0.3) is 0 Å². The average Bonchev–Trinajstić information content (AvgIpc) is 2.54. The fraction of sp³-hybridized carbons (Fsp3) is 0.176. The summed E-state index contributed by atoms with van der Waals surface area (Å²) in [5, 5.41) is 9.82. The Labute approximate surface area is 128 Å². The van der Waals surface area contributed by atoms with E-state index in [1.54, 1.807) is 36.4 Å². The van der Waals surface area contributed by atoms with Crippen molar-refractivity contribution in [2.75, 3.05) is 14.2 Å². The van der Waals surface area contributed by atoms with Crippen molar-refractivity contribution in [3.8, 4) is 17.2 Å². The van der Waals surface area contributed by atoms with Crippen LogP contribution < -0.4 is 9.47 Å². The van der Waals surface area contributed by atoms with Gasteiger partial charge in [0.1, 0.15) is 22.8 Å². The standard InChI is InChI=1S/C17H16O5/c1-21-12-8-6-11(7-9-12)14(19)10-15(20)17-13(18)4-3-5-16(17)22-2/h3-9,18H,10H2,1-2H3. The number of phenolic OH excluding ortho intramolecular Hbond substituents is 1. The minimum absolute atomic E-state index is 0.0202. The van der Waals surface area contributed by atoms with Gasteiger partial charge >= 0.3 is 0 Å². The zero-order chi connectivity index (χ0) is 16.1. The normalized spacial score (nSPS) is 10.1. The number of carbonyl (C=O) groups excluding carboxylic acids is 2. The summed E-state index contributed by atoms with van der Waals surface area (Å²) in [5.41, 5.74) is 0.426. The predicted molar refractivity (Wildman–Crippen MR) is 80.9 cm³/mol. The first-order chi connectivity index (χ1) is 10.6. The first-order valence-corrected chi connectivity index (χ1v) is 6.63. The third-order valence-corrected chi connectivity index (χ3v) is 3.24. The number of Topliss-reactive ketones (excluding diaryl/α,β-unsaturated/α-hetero) is 2. The van der Waals surface area contributed by atoms with Crippen LogP contribution in [0.3, 0.4) is 0 Å². The molecule has 0 aliphatic rings. The Bertz CT molecular complexity index is 689. The zero-order valence-electron chi connectivity index (χ0n) is 12.3. The van der Waals surface area contributed by atoms with E-state index in [0.717, 1.165) is 0 Å². The van der Waals surface area contributed by atoms with Crippen molar-refractivity contribution >= 4 is 11.6 Å². The van der Waals surface area contributed by atoms with Gasteiger partial charge in [-0.1, -0.05) is 6.07 Å². The molecular formula is C17H16O5. The molecule has 0 aliphatic heterocycles. The lowest BCUT2D eigenvalue weighted by atomic mass is 10.00. The largest absolute Gasteiger partial charge is 0.507 e. The van der Waals surface area contributed by atoms with E-state index in [9.17, 15) is 14.7 Å². The number of carbonyl (C=O) groups is 2. The summed E-state index contributed by atoms with van der Waals surface area (Å²) >= 11 is 0. The molecule has 0 radical (unpaired) electrons. The molecule has 5 heteroatoms. The van der Waals surface area contributed by atoms with Crippen LogP contribution >= 0.6 is 0 Å². The molecule has 114 valence electrons. The molecule has 0 saturated heterocycles. The van der Waals surface area contributed by atoms with Crippen molar-refractivity contribution in [1.29, 1.82) is 0 Å². The minimum Gasteiger partial charge on any atom is -0.507 e. The monoisotopic (exact) mass is 300 g/mol. The number of hydrogen-bond donors (Lipinski definition) is 1. The first kappa shape index (κ1) is 15.6. The molecule has 0 fully saturated rings. The second-order valence-electron chi connectivity index (χ2n) is 4.61. The Balaban J connectivity index is 2.19. The number of benzene rings is 2. The number of ketones is 2. The van der Waals surface area contributed by atoms with E-state index in [4.69, 9.17) is 9.47 Å². The second-order valence-corrected chi connectivity index (χ2v) is 4.61. The number of hydrogen-bond acceptors (Lipinski definition) is 5. The molecule has 5 nitrogen and oxygen atoms in total. The summed E-state index contributed by atoms with van der Waals surface area (Å²) in [7, 11) is 2.93. The lowest BCUT2D eigenvalue weighted by Gasteiger charge is -2.09. The van der Waals surface area contributed by atoms with Crippen molar-refractivity contribution in [2.45, 2.75) is 6.42 Å². The van der Waals surface area contributed by atoms with Crippen LogP contribution in [-0.4, -0.2) is 30.9 Å². The molecule has 2 rings (SSSR count). The van der Waals surface area contributed by atoms with Gasteiger partial charge in [-0.2, -0.15) is 0 Å². The van der Waals surface area contributed by atoms with Gasteiger partial charge in [0.05, 0.1) is 20.6 Å². The maximum Gasteiger partial charge on any atom is 0.178 e. The van der Waals surface area contributed by atoms with Crippen LogP contribution in [0.1, 0.15) is 27.1 Å². The maximum absolute atomic E-state index is 12.3. The summed E-state index contributed by atoms with van der Waals surface area (Å²) in [6.07, 6.45) is -0.347. The smallest absolute Gasteiger partial charge is 0.178 e. The molecule has 2 aromatic carbocycles. The van der Waals surface area contributed by atoms with Gasteiger partial charge in [-0.3, -0.25) is 9.59 Å². The Morgan fingerprint density at radius 3 is 2.23 bits per heavy atom. The number of phenols is 1. The van der Waals surface area contributed by atoms with Crippen LogP contribution in [0.15, 0.2) is 42.5 Å². The summed E-state index contributed by atoms with van der Waals surface area (Å²) < 4.78 is 10.1.